The number of esters is 1. The van der Waals surface area contributed by atoms with Gasteiger partial charge in [-0.05, 0) is 30.7 Å². The van der Waals surface area contributed by atoms with Crippen LogP contribution in [0.4, 0.5) is 0 Å². The van der Waals surface area contributed by atoms with Crippen molar-refractivity contribution in [3.63, 3.8) is 0 Å². The van der Waals surface area contributed by atoms with Crippen LogP contribution >= 0.6 is 0 Å². The minimum absolute atomic E-state index is 0.341. The lowest BCUT2D eigenvalue weighted by Gasteiger charge is -2.05. The number of fused-ring (bicyclic) bond motifs is 1. The molecule has 3 aromatic rings. The lowest BCUT2D eigenvalue weighted by molar-refractivity contribution is 0.0526. The number of carbonyl (C=O) groups is 1. The molecule has 0 saturated carbocycles. The number of hydrogen-bond donors (Lipinski definition) is 0. The van der Waals surface area contributed by atoms with E-state index in [4.69, 9.17) is 9.47 Å². The molecule has 2 heterocycles. The number of carbonyl (C=O) groups excluding carboxylic acids is 1. The monoisotopic (exact) mass is 311 g/mol. The van der Waals surface area contributed by atoms with E-state index in [9.17, 15) is 4.79 Å². The van der Waals surface area contributed by atoms with Crippen molar-refractivity contribution in [1.29, 1.82) is 0 Å². The summed E-state index contributed by atoms with van der Waals surface area (Å²) < 4.78 is 11.9. The summed E-state index contributed by atoms with van der Waals surface area (Å²) in [6, 6.07) is 9.54. The van der Waals surface area contributed by atoms with Gasteiger partial charge in [0.2, 0.25) is 0 Å². The molecule has 0 radical (unpaired) electrons. The number of ether oxygens (including phenoxy) is 2. The van der Waals surface area contributed by atoms with Crippen LogP contribution in [0.25, 0.3) is 11.0 Å². The average Bonchev–Trinajstić information content (AvgIpc) is 2.98. The number of rotatable bonds is 5. The molecular weight excluding hydrogens is 294 g/mol. The van der Waals surface area contributed by atoms with Crippen LogP contribution in [-0.4, -0.2) is 34.5 Å². The average molecular weight is 311 g/mol. The van der Waals surface area contributed by atoms with E-state index in [-0.39, 0.29) is 5.97 Å². The van der Waals surface area contributed by atoms with Gasteiger partial charge in [-0.3, -0.25) is 0 Å². The molecule has 6 nitrogen and oxygen atoms in total. The van der Waals surface area contributed by atoms with Gasteiger partial charge in [-0.1, -0.05) is 12.1 Å². The molecular formula is C17H17N3O3. The third kappa shape index (κ3) is 3.15. The van der Waals surface area contributed by atoms with Gasteiger partial charge in [-0.25, -0.2) is 14.5 Å². The number of aromatic nitrogens is 3. The van der Waals surface area contributed by atoms with Crippen molar-refractivity contribution in [2.75, 3.05) is 13.7 Å². The van der Waals surface area contributed by atoms with Gasteiger partial charge in [-0.15, -0.1) is 0 Å². The third-order valence-electron chi connectivity index (χ3n) is 3.48. The zero-order valence-corrected chi connectivity index (χ0v) is 13.0. The van der Waals surface area contributed by atoms with Crippen LogP contribution in [0.1, 0.15) is 22.8 Å². The summed E-state index contributed by atoms with van der Waals surface area (Å²) in [5.74, 6) is 0.445. The number of benzene rings is 1. The fourth-order valence-corrected chi connectivity index (χ4v) is 2.32. The summed E-state index contributed by atoms with van der Waals surface area (Å²) in [6.07, 6.45) is 3.22. The standard InChI is InChI=1S/C17H17N3O3/c1-3-23-17(21)14-8-13-10-19-20(16(13)18-9-14)11-12-4-6-15(22-2)7-5-12/h4-10H,3,11H2,1-2H3. The first-order valence-electron chi connectivity index (χ1n) is 7.33. The Hall–Kier alpha value is -2.89. The summed E-state index contributed by atoms with van der Waals surface area (Å²) >= 11 is 0. The van der Waals surface area contributed by atoms with Gasteiger partial charge in [0, 0.05) is 11.6 Å². The number of methoxy groups -OCH3 is 1. The van der Waals surface area contributed by atoms with E-state index >= 15 is 0 Å². The second kappa shape index (κ2) is 6.48. The fraction of sp³-hybridized carbons (Fsp3) is 0.235. The molecule has 0 aliphatic carbocycles. The Morgan fingerprint density at radius 2 is 2.00 bits per heavy atom. The van der Waals surface area contributed by atoms with Gasteiger partial charge in [0.15, 0.2) is 5.65 Å². The molecule has 0 aliphatic heterocycles. The van der Waals surface area contributed by atoms with Crippen molar-refractivity contribution in [1.82, 2.24) is 14.8 Å². The van der Waals surface area contributed by atoms with E-state index in [2.05, 4.69) is 10.1 Å². The Kier molecular flexibility index (Phi) is 4.23. The van der Waals surface area contributed by atoms with Crippen molar-refractivity contribution in [2.45, 2.75) is 13.5 Å². The smallest absolute Gasteiger partial charge is 0.339 e. The van der Waals surface area contributed by atoms with Crippen LogP contribution in [0.15, 0.2) is 42.7 Å². The Balaban J connectivity index is 1.85. The molecule has 0 saturated heterocycles. The van der Waals surface area contributed by atoms with Crippen molar-refractivity contribution >= 4 is 17.0 Å². The van der Waals surface area contributed by atoms with Gasteiger partial charge < -0.3 is 9.47 Å². The molecule has 0 aliphatic rings. The van der Waals surface area contributed by atoms with Crippen LogP contribution in [-0.2, 0) is 11.3 Å². The second-order valence-corrected chi connectivity index (χ2v) is 5.01. The molecule has 0 bridgehead atoms. The molecule has 1 aromatic carbocycles. The summed E-state index contributed by atoms with van der Waals surface area (Å²) in [4.78, 5) is 16.1. The van der Waals surface area contributed by atoms with E-state index in [0.717, 1.165) is 22.3 Å². The van der Waals surface area contributed by atoms with E-state index in [0.29, 0.717) is 18.7 Å². The maximum absolute atomic E-state index is 11.7. The summed E-state index contributed by atoms with van der Waals surface area (Å²) in [5.41, 5.74) is 2.25. The normalized spacial score (nSPS) is 10.7. The molecule has 6 heteroatoms. The Morgan fingerprint density at radius 1 is 1.22 bits per heavy atom. The predicted octanol–water partition coefficient (Wildman–Crippen LogP) is 2.66. The fourth-order valence-electron chi connectivity index (χ4n) is 2.32. The Morgan fingerprint density at radius 3 is 2.70 bits per heavy atom. The lowest BCUT2D eigenvalue weighted by atomic mass is 10.2. The van der Waals surface area contributed by atoms with Crippen LogP contribution in [0.3, 0.4) is 0 Å². The third-order valence-corrected chi connectivity index (χ3v) is 3.48. The molecule has 0 amide bonds. The van der Waals surface area contributed by atoms with Crippen LogP contribution in [0.5, 0.6) is 5.75 Å². The van der Waals surface area contributed by atoms with Gasteiger partial charge in [0.1, 0.15) is 5.75 Å². The summed E-state index contributed by atoms with van der Waals surface area (Å²) in [5, 5.41) is 5.16. The lowest BCUT2D eigenvalue weighted by Crippen LogP contribution is -2.06. The Bertz CT molecular complexity index is 825. The topological polar surface area (TPSA) is 66.2 Å². The molecule has 118 valence electrons. The molecule has 0 fully saturated rings. The molecule has 3 rings (SSSR count). The molecule has 0 N–H and O–H groups in total. The Labute approximate surface area is 133 Å². The van der Waals surface area contributed by atoms with Crippen LogP contribution in [0, 0.1) is 0 Å². The zero-order valence-electron chi connectivity index (χ0n) is 13.0. The minimum atomic E-state index is -0.371. The maximum Gasteiger partial charge on any atom is 0.339 e. The predicted molar refractivity (Wildman–Crippen MR) is 85.6 cm³/mol. The SMILES string of the molecule is CCOC(=O)c1cnc2c(cnn2Cc2ccc(OC)cc2)c1. The molecule has 23 heavy (non-hydrogen) atoms. The highest BCUT2D eigenvalue weighted by molar-refractivity contribution is 5.92. The van der Waals surface area contributed by atoms with Crippen LogP contribution < -0.4 is 4.74 Å². The van der Waals surface area contributed by atoms with E-state index in [1.165, 1.54) is 6.20 Å². The molecule has 0 atom stereocenters. The molecule has 2 aromatic heterocycles. The largest absolute Gasteiger partial charge is 0.497 e. The summed E-state index contributed by atoms with van der Waals surface area (Å²) in [6.45, 7) is 2.71. The summed E-state index contributed by atoms with van der Waals surface area (Å²) in [7, 11) is 1.64. The second-order valence-electron chi connectivity index (χ2n) is 5.01. The van der Waals surface area contributed by atoms with Crippen molar-refractivity contribution < 1.29 is 14.3 Å². The van der Waals surface area contributed by atoms with E-state index in [1.807, 2.05) is 24.3 Å². The first-order valence-corrected chi connectivity index (χ1v) is 7.33. The van der Waals surface area contributed by atoms with Gasteiger partial charge in [-0.2, -0.15) is 5.10 Å². The zero-order chi connectivity index (χ0) is 16.2. The van der Waals surface area contributed by atoms with Crippen molar-refractivity contribution in [3.8, 4) is 5.75 Å². The van der Waals surface area contributed by atoms with Crippen molar-refractivity contribution in [2.24, 2.45) is 0 Å². The quantitative estimate of drug-likeness (QED) is 0.678. The van der Waals surface area contributed by atoms with Gasteiger partial charge in [0.05, 0.1) is 32.0 Å². The van der Waals surface area contributed by atoms with Gasteiger partial charge >= 0.3 is 5.97 Å². The van der Waals surface area contributed by atoms with Crippen LogP contribution in [0.2, 0.25) is 0 Å². The highest BCUT2D eigenvalue weighted by Gasteiger charge is 2.11. The van der Waals surface area contributed by atoms with E-state index < -0.39 is 0 Å². The highest BCUT2D eigenvalue weighted by atomic mass is 16.5. The first kappa shape index (κ1) is 15.0. The van der Waals surface area contributed by atoms with E-state index in [1.54, 1.807) is 31.0 Å². The van der Waals surface area contributed by atoms with Crippen molar-refractivity contribution in [3.05, 3.63) is 53.9 Å². The molecule has 0 unspecified atom stereocenters. The minimum Gasteiger partial charge on any atom is -0.497 e. The number of nitrogens with zero attached hydrogens (tertiary/aromatic N) is 3. The number of hydrogen-bond acceptors (Lipinski definition) is 5. The molecule has 0 spiro atoms. The maximum atomic E-state index is 11.7. The number of pyridine rings is 1. The first-order chi connectivity index (χ1) is 11.2. The highest BCUT2D eigenvalue weighted by Crippen LogP contribution is 2.17. The van der Waals surface area contributed by atoms with Gasteiger partial charge in [0.25, 0.3) is 0 Å².